The van der Waals surface area contributed by atoms with E-state index in [0.29, 0.717) is 28.1 Å². The smallest absolute Gasteiger partial charge is 0.264 e. The Bertz CT molecular complexity index is 883. The zero-order valence-electron chi connectivity index (χ0n) is 13.9. The zero-order valence-corrected chi connectivity index (χ0v) is 15.5. The maximum Gasteiger partial charge on any atom is 0.264 e. The van der Waals surface area contributed by atoms with Gasteiger partial charge in [-0.15, -0.1) is 10.2 Å². The molecular formula is C18H16ClN3O3S. The van der Waals surface area contributed by atoms with E-state index < -0.39 is 0 Å². The minimum Gasteiger partial charge on any atom is -0.493 e. The number of hydrogen-bond donors (Lipinski definition) is 1. The van der Waals surface area contributed by atoms with E-state index in [0.717, 1.165) is 10.6 Å². The number of hydrogen-bond acceptors (Lipinski definition) is 6. The molecule has 0 spiro atoms. The van der Waals surface area contributed by atoms with Gasteiger partial charge in [-0.2, -0.15) is 0 Å². The third-order valence-electron chi connectivity index (χ3n) is 3.41. The maximum absolute atomic E-state index is 12.0. The van der Waals surface area contributed by atoms with Crippen LogP contribution in [0.3, 0.4) is 0 Å². The second-order valence-corrected chi connectivity index (χ2v) is 6.79. The fourth-order valence-corrected chi connectivity index (χ4v) is 3.11. The molecule has 2 aromatic carbocycles. The van der Waals surface area contributed by atoms with Gasteiger partial charge in [0.05, 0.1) is 7.11 Å². The second-order valence-electron chi connectivity index (χ2n) is 5.29. The van der Waals surface area contributed by atoms with Gasteiger partial charge in [-0.05, 0) is 29.8 Å². The number of para-hydroxylation sites is 2. The maximum atomic E-state index is 12.0. The first-order valence-corrected chi connectivity index (χ1v) is 8.96. The van der Waals surface area contributed by atoms with E-state index in [9.17, 15) is 4.79 Å². The number of ether oxygens (including phenoxy) is 2. The van der Waals surface area contributed by atoms with Gasteiger partial charge in [0.15, 0.2) is 18.1 Å². The summed E-state index contributed by atoms with van der Waals surface area (Å²) >= 11 is 7.20. The van der Waals surface area contributed by atoms with Gasteiger partial charge in [-0.1, -0.05) is 47.2 Å². The molecule has 3 rings (SSSR count). The van der Waals surface area contributed by atoms with Crippen molar-refractivity contribution in [3.8, 4) is 11.5 Å². The summed E-state index contributed by atoms with van der Waals surface area (Å²) in [4.78, 5) is 12.0. The first kappa shape index (κ1) is 18.2. The lowest BCUT2D eigenvalue weighted by Crippen LogP contribution is -2.20. The second kappa shape index (κ2) is 8.64. The van der Waals surface area contributed by atoms with Gasteiger partial charge >= 0.3 is 0 Å². The minimum absolute atomic E-state index is 0.146. The van der Waals surface area contributed by atoms with Crippen molar-refractivity contribution < 1.29 is 14.3 Å². The number of rotatable bonds is 7. The Morgan fingerprint density at radius 2 is 1.85 bits per heavy atom. The Hall–Kier alpha value is -2.64. The van der Waals surface area contributed by atoms with Crippen molar-refractivity contribution in [1.82, 2.24) is 10.2 Å². The van der Waals surface area contributed by atoms with Crippen molar-refractivity contribution in [3.05, 3.63) is 64.1 Å². The molecule has 1 heterocycles. The van der Waals surface area contributed by atoms with Crippen LogP contribution in [0.4, 0.5) is 5.13 Å². The third kappa shape index (κ3) is 4.93. The highest BCUT2D eigenvalue weighted by molar-refractivity contribution is 7.15. The van der Waals surface area contributed by atoms with E-state index in [2.05, 4.69) is 15.5 Å². The average Bonchev–Trinajstić information content (AvgIpc) is 3.09. The molecule has 0 saturated carbocycles. The highest BCUT2D eigenvalue weighted by atomic mass is 35.5. The lowest BCUT2D eigenvalue weighted by Gasteiger charge is -2.09. The fourth-order valence-electron chi connectivity index (χ4n) is 2.19. The Balaban J connectivity index is 1.53. The molecule has 1 amide bonds. The van der Waals surface area contributed by atoms with E-state index in [1.54, 1.807) is 19.2 Å². The van der Waals surface area contributed by atoms with Crippen LogP contribution in [0.1, 0.15) is 10.6 Å². The van der Waals surface area contributed by atoms with E-state index in [4.69, 9.17) is 21.1 Å². The number of halogens is 1. The van der Waals surface area contributed by atoms with Crippen LogP contribution in [-0.2, 0) is 11.2 Å². The number of nitrogens with zero attached hydrogens (tertiary/aromatic N) is 2. The molecule has 3 aromatic rings. The minimum atomic E-state index is -0.315. The molecule has 0 radical (unpaired) electrons. The highest BCUT2D eigenvalue weighted by Gasteiger charge is 2.11. The monoisotopic (exact) mass is 389 g/mol. The SMILES string of the molecule is COc1ccccc1OCC(=O)Nc1nnc(Cc2ccc(Cl)cc2)s1. The number of aromatic nitrogens is 2. The summed E-state index contributed by atoms with van der Waals surface area (Å²) in [7, 11) is 1.55. The first-order valence-electron chi connectivity index (χ1n) is 7.76. The third-order valence-corrected chi connectivity index (χ3v) is 4.50. The van der Waals surface area contributed by atoms with Crippen molar-refractivity contribution in [2.45, 2.75) is 6.42 Å². The molecule has 0 unspecified atom stereocenters. The lowest BCUT2D eigenvalue weighted by atomic mass is 10.2. The average molecular weight is 390 g/mol. The quantitative estimate of drug-likeness (QED) is 0.665. The van der Waals surface area contributed by atoms with Crippen LogP contribution in [-0.4, -0.2) is 29.8 Å². The number of amides is 1. The van der Waals surface area contributed by atoms with Gasteiger partial charge in [0.1, 0.15) is 5.01 Å². The number of methoxy groups -OCH3 is 1. The molecule has 0 aliphatic rings. The standard InChI is InChI=1S/C18H16ClN3O3S/c1-24-14-4-2-3-5-15(14)25-11-16(23)20-18-22-21-17(26-18)10-12-6-8-13(19)9-7-12/h2-9H,10-11H2,1H3,(H,20,22,23). The number of benzene rings is 2. The molecule has 0 atom stereocenters. The Labute approximate surface area is 159 Å². The normalized spacial score (nSPS) is 10.4. The zero-order chi connectivity index (χ0) is 18.4. The molecule has 0 bridgehead atoms. The summed E-state index contributed by atoms with van der Waals surface area (Å²) in [6, 6.07) is 14.7. The van der Waals surface area contributed by atoms with Gasteiger partial charge < -0.3 is 9.47 Å². The van der Waals surface area contributed by atoms with Gasteiger partial charge in [-0.25, -0.2) is 0 Å². The van der Waals surface area contributed by atoms with Crippen LogP contribution < -0.4 is 14.8 Å². The predicted molar refractivity (Wildman–Crippen MR) is 101 cm³/mol. The molecule has 0 saturated heterocycles. The van der Waals surface area contributed by atoms with Crippen molar-refractivity contribution in [2.24, 2.45) is 0 Å². The first-order chi connectivity index (χ1) is 12.6. The van der Waals surface area contributed by atoms with Crippen LogP contribution in [0.2, 0.25) is 5.02 Å². The fraction of sp³-hybridized carbons (Fsp3) is 0.167. The number of nitrogens with one attached hydrogen (secondary N) is 1. The molecule has 134 valence electrons. The molecular weight excluding hydrogens is 374 g/mol. The van der Waals surface area contributed by atoms with Crippen LogP contribution in [0, 0.1) is 0 Å². The summed E-state index contributed by atoms with van der Waals surface area (Å²) in [5.74, 6) is 0.761. The largest absolute Gasteiger partial charge is 0.493 e. The van der Waals surface area contributed by atoms with Crippen LogP contribution >= 0.6 is 22.9 Å². The van der Waals surface area contributed by atoms with Gasteiger partial charge in [0.2, 0.25) is 5.13 Å². The molecule has 1 aromatic heterocycles. The lowest BCUT2D eigenvalue weighted by molar-refractivity contribution is -0.118. The van der Waals surface area contributed by atoms with Crippen LogP contribution in [0.5, 0.6) is 11.5 Å². The summed E-state index contributed by atoms with van der Waals surface area (Å²) < 4.78 is 10.7. The van der Waals surface area contributed by atoms with Crippen LogP contribution in [0.15, 0.2) is 48.5 Å². The molecule has 6 nitrogen and oxygen atoms in total. The molecule has 0 fully saturated rings. The van der Waals surface area contributed by atoms with Crippen LogP contribution in [0.25, 0.3) is 0 Å². The molecule has 0 aliphatic carbocycles. The number of carbonyl (C=O) groups excluding carboxylic acids is 1. The number of anilines is 1. The van der Waals surface area contributed by atoms with Crippen molar-refractivity contribution >= 4 is 34.0 Å². The summed E-state index contributed by atoms with van der Waals surface area (Å²) in [6.07, 6.45) is 0.627. The van der Waals surface area contributed by atoms with E-state index in [1.165, 1.54) is 11.3 Å². The Morgan fingerprint density at radius 3 is 2.58 bits per heavy atom. The van der Waals surface area contributed by atoms with Crippen molar-refractivity contribution in [1.29, 1.82) is 0 Å². The van der Waals surface area contributed by atoms with Crippen molar-refractivity contribution in [3.63, 3.8) is 0 Å². The molecule has 1 N–H and O–H groups in total. The summed E-state index contributed by atoms with van der Waals surface area (Å²) in [5.41, 5.74) is 1.07. The predicted octanol–water partition coefficient (Wildman–Crippen LogP) is 3.81. The number of carbonyl (C=O) groups is 1. The van der Waals surface area contributed by atoms with E-state index in [1.807, 2.05) is 36.4 Å². The van der Waals surface area contributed by atoms with E-state index >= 15 is 0 Å². The topological polar surface area (TPSA) is 73.3 Å². The summed E-state index contributed by atoms with van der Waals surface area (Å²) in [6.45, 7) is -0.146. The van der Waals surface area contributed by atoms with Gasteiger partial charge in [0.25, 0.3) is 5.91 Å². The molecule has 0 aliphatic heterocycles. The molecule has 26 heavy (non-hydrogen) atoms. The highest BCUT2D eigenvalue weighted by Crippen LogP contribution is 2.25. The van der Waals surface area contributed by atoms with E-state index in [-0.39, 0.29) is 12.5 Å². The van der Waals surface area contributed by atoms with Gasteiger partial charge in [-0.3, -0.25) is 10.1 Å². The van der Waals surface area contributed by atoms with Gasteiger partial charge in [0, 0.05) is 11.4 Å². The Morgan fingerprint density at radius 1 is 1.12 bits per heavy atom. The van der Waals surface area contributed by atoms with Crippen molar-refractivity contribution in [2.75, 3.05) is 19.0 Å². The summed E-state index contributed by atoms with van der Waals surface area (Å²) in [5, 5.41) is 12.7. The molecule has 8 heteroatoms. The Kier molecular flexibility index (Phi) is 6.04.